The van der Waals surface area contributed by atoms with Gasteiger partial charge < -0.3 is 18.8 Å². The van der Waals surface area contributed by atoms with Crippen LogP contribution in [0.25, 0.3) is 44.8 Å². The summed E-state index contributed by atoms with van der Waals surface area (Å²) in [6.45, 7) is 6.59. The molecule has 1 N–H and O–H groups in total. The van der Waals surface area contributed by atoms with Crippen LogP contribution in [0.3, 0.4) is 0 Å². The van der Waals surface area contributed by atoms with E-state index in [9.17, 15) is 5.11 Å². The minimum atomic E-state index is 0.0370. The van der Waals surface area contributed by atoms with Crippen molar-refractivity contribution in [1.29, 1.82) is 0 Å². The summed E-state index contributed by atoms with van der Waals surface area (Å²) in [5.74, 6) is 1.10. The number of anilines is 1. The maximum absolute atomic E-state index is 10.7. The van der Waals surface area contributed by atoms with Gasteiger partial charge >= 0.3 is 0 Å². The zero-order valence-corrected chi connectivity index (χ0v) is 22.7. The summed E-state index contributed by atoms with van der Waals surface area (Å²) in [6.07, 6.45) is 4.74. The zero-order chi connectivity index (χ0) is 25.2. The number of hydrogen-bond donors (Lipinski definition) is 1. The van der Waals surface area contributed by atoms with Crippen LogP contribution in [0.1, 0.15) is 39.5 Å². The summed E-state index contributed by atoms with van der Waals surface area (Å²) < 4.78 is 12.8. The van der Waals surface area contributed by atoms with Crippen molar-refractivity contribution in [1.82, 2.24) is 4.98 Å². The van der Waals surface area contributed by atoms with Crippen molar-refractivity contribution in [2.45, 2.75) is 39.5 Å². The molecule has 2 heterocycles. The summed E-state index contributed by atoms with van der Waals surface area (Å²) in [4.78, 5) is 6.99. The van der Waals surface area contributed by atoms with Crippen molar-refractivity contribution in [3.8, 4) is 28.5 Å². The molecule has 0 fully saturated rings. The molecule has 2 aromatic heterocycles. The summed E-state index contributed by atoms with van der Waals surface area (Å²) in [5.41, 5.74) is 4.51. The molecule has 0 aliphatic heterocycles. The molecule has 0 aliphatic rings. The first-order chi connectivity index (χ1) is 17.5. The lowest BCUT2D eigenvalue weighted by Crippen LogP contribution is -2.25. The molecule has 36 heavy (non-hydrogen) atoms. The van der Waals surface area contributed by atoms with Crippen LogP contribution in [0, 0.1) is 0 Å². The minimum absolute atomic E-state index is 0.0370. The van der Waals surface area contributed by atoms with Gasteiger partial charge in [-0.3, -0.25) is 0 Å². The van der Waals surface area contributed by atoms with Crippen molar-refractivity contribution in [2.75, 3.05) is 18.0 Å². The van der Waals surface area contributed by atoms with Gasteiger partial charge in [-0.1, -0.05) is 38.3 Å². The summed E-state index contributed by atoms with van der Waals surface area (Å²) in [7, 11) is 0. The number of phenols is 1. The third-order valence-corrected chi connectivity index (χ3v) is 7.16. The van der Waals surface area contributed by atoms with E-state index in [-0.39, 0.29) is 5.75 Å². The van der Waals surface area contributed by atoms with Crippen molar-refractivity contribution in [3.05, 3.63) is 64.1 Å². The molecule has 3 aromatic carbocycles. The van der Waals surface area contributed by atoms with E-state index < -0.39 is 0 Å². The van der Waals surface area contributed by atoms with Gasteiger partial charge in [0.15, 0.2) is 5.58 Å². The van der Waals surface area contributed by atoms with Gasteiger partial charge in [0.1, 0.15) is 22.6 Å². The van der Waals surface area contributed by atoms with Crippen LogP contribution in [0.5, 0.6) is 5.75 Å². The predicted octanol–water partition coefficient (Wildman–Crippen LogP) is 9.44. The van der Waals surface area contributed by atoms with E-state index in [1.807, 2.05) is 12.1 Å². The number of phenolic OH excluding ortho intramolecular Hbond substituents is 1. The average molecular weight is 568 g/mol. The Morgan fingerprint density at radius 2 is 1.67 bits per heavy atom. The average Bonchev–Trinajstić information content (AvgIpc) is 3.48. The number of rotatable bonds is 9. The Hall–Kier alpha value is -2.96. The highest BCUT2D eigenvalue weighted by molar-refractivity contribution is 9.10. The Morgan fingerprint density at radius 3 is 2.36 bits per heavy atom. The second kappa shape index (κ2) is 10.6. The van der Waals surface area contributed by atoms with Crippen LogP contribution in [0.4, 0.5) is 5.69 Å². The summed E-state index contributed by atoms with van der Waals surface area (Å²) in [6, 6.07) is 17.4. The molecule has 0 unspecified atom stereocenters. The number of fused-ring (bicyclic) bond motifs is 2. The van der Waals surface area contributed by atoms with Gasteiger partial charge in [-0.2, -0.15) is 0 Å². The fourth-order valence-corrected chi connectivity index (χ4v) is 5.24. The van der Waals surface area contributed by atoms with Gasteiger partial charge in [0.2, 0.25) is 5.89 Å². The number of hydrogen-bond acceptors (Lipinski definition) is 5. The molecule has 186 valence electrons. The second-order valence-corrected chi connectivity index (χ2v) is 10.3. The first kappa shape index (κ1) is 24.7. The van der Waals surface area contributed by atoms with Crippen LogP contribution in [-0.4, -0.2) is 23.2 Å². The first-order valence-electron chi connectivity index (χ1n) is 12.3. The SMILES string of the molecule is CCCCN(CCCC)c1ccc(-c2cc3cc(-c4nc5cc(Cl)cc(Br)c5o4)c(O)cc3o2)cc1. The first-order valence-corrected chi connectivity index (χ1v) is 13.5. The molecule has 0 saturated heterocycles. The Kier molecular flexibility index (Phi) is 7.26. The molecule has 5 aromatic rings. The molecule has 5 nitrogen and oxygen atoms in total. The van der Waals surface area contributed by atoms with Gasteiger partial charge in [-0.25, -0.2) is 4.98 Å². The lowest BCUT2D eigenvalue weighted by atomic mass is 10.1. The van der Waals surface area contributed by atoms with E-state index in [2.05, 4.69) is 63.9 Å². The van der Waals surface area contributed by atoms with Gasteiger partial charge in [0.25, 0.3) is 0 Å². The Labute approximate surface area is 223 Å². The quantitative estimate of drug-likeness (QED) is 0.192. The topological polar surface area (TPSA) is 62.6 Å². The van der Waals surface area contributed by atoms with Crippen molar-refractivity contribution < 1.29 is 13.9 Å². The Balaban J connectivity index is 1.45. The molecule has 5 rings (SSSR count). The summed E-state index contributed by atoms with van der Waals surface area (Å²) >= 11 is 9.61. The molecule has 0 aliphatic carbocycles. The highest BCUT2D eigenvalue weighted by atomic mass is 79.9. The molecule has 0 radical (unpaired) electrons. The molecule has 0 amide bonds. The lowest BCUT2D eigenvalue weighted by molar-refractivity contribution is 0.473. The van der Waals surface area contributed by atoms with Crippen LogP contribution < -0.4 is 4.90 Å². The fourth-order valence-electron chi connectivity index (χ4n) is 4.37. The van der Waals surface area contributed by atoms with Gasteiger partial charge in [-0.15, -0.1) is 0 Å². The van der Waals surface area contributed by atoms with Crippen LogP contribution in [0.2, 0.25) is 5.02 Å². The third-order valence-electron chi connectivity index (χ3n) is 6.35. The van der Waals surface area contributed by atoms with Gasteiger partial charge in [0, 0.05) is 40.8 Å². The number of benzene rings is 3. The van der Waals surface area contributed by atoms with E-state index in [1.54, 1.807) is 18.2 Å². The number of halogens is 2. The highest BCUT2D eigenvalue weighted by Gasteiger charge is 2.18. The molecule has 0 spiro atoms. The fraction of sp³-hybridized carbons (Fsp3) is 0.276. The maximum Gasteiger partial charge on any atom is 0.231 e. The number of oxazole rings is 1. The molecule has 0 saturated carbocycles. The lowest BCUT2D eigenvalue weighted by Gasteiger charge is -2.24. The molecular formula is C29H28BrClN2O3. The van der Waals surface area contributed by atoms with E-state index in [0.29, 0.717) is 37.6 Å². The Morgan fingerprint density at radius 1 is 0.944 bits per heavy atom. The van der Waals surface area contributed by atoms with E-state index >= 15 is 0 Å². The molecule has 0 bridgehead atoms. The van der Waals surface area contributed by atoms with Crippen LogP contribution in [-0.2, 0) is 0 Å². The second-order valence-electron chi connectivity index (χ2n) is 9.01. The van der Waals surface area contributed by atoms with E-state index in [1.165, 1.54) is 31.4 Å². The number of unbranched alkanes of at least 4 members (excludes halogenated alkanes) is 2. The standard InChI is InChI=1S/C29H28BrClN2O3/c1-3-5-11-33(12-6-4-2)21-9-7-18(8-10-21)26-14-19-13-22(25(34)17-27(19)35-26)29-32-24-16-20(31)15-23(30)28(24)36-29/h7-10,13-17,34H,3-6,11-12H2,1-2H3. The van der Waals surface area contributed by atoms with E-state index in [4.69, 9.17) is 20.4 Å². The third kappa shape index (κ3) is 4.97. The number of nitrogens with zero attached hydrogens (tertiary/aromatic N) is 2. The predicted molar refractivity (Wildman–Crippen MR) is 151 cm³/mol. The molecular weight excluding hydrogens is 540 g/mol. The number of aromatic hydroxyl groups is 1. The summed E-state index contributed by atoms with van der Waals surface area (Å²) in [5, 5.41) is 12.1. The zero-order valence-electron chi connectivity index (χ0n) is 20.4. The van der Waals surface area contributed by atoms with Crippen molar-refractivity contribution >= 4 is 55.3 Å². The smallest absolute Gasteiger partial charge is 0.231 e. The van der Waals surface area contributed by atoms with Gasteiger partial charge in [-0.05, 0) is 77.3 Å². The van der Waals surface area contributed by atoms with Crippen molar-refractivity contribution in [3.63, 3.8) is 0 Å². The maximum atomic E-state index is 10.7. The van der Waals surface area contributed by atoms with Crippen LogP contribution in [0.15, 0.2) is 67.9 Å². The highest BCUT2D eigenvalue weighted by Crippen LogP contribution is 2.39. The minimum Gasteiger partial charge on any atom is -0.507 e. The van der Waals surface area contributed by atoms with E-state index in [0.717, 1.165) is 29.8 Å². The molecule has 7 heteroatoms. The number of furan rings is 1. The monoisotopic (exact) mass is 566 g/mol. The van der Waals surface area contributed by atoms with Crippen molar-refractivity contribution in [2.24, 2.45) is 0 Å². The number of aromatic nitrogens is 1. The van der Waals surface area contributed by atoms with Crippen LogP contribution >= 0.6 is 27.5 Å². The van der Waals surface area contributed by atoms with Gasteiger partial charge in [0.05, 0.1) is 10.0 Å². The Bertz CT molecular complexity index is 1500. The largest absolute Gasteiger partial charge is 0.507 e. The molecule has 0 atom stereocenters. The normalized spacial score (nSPS) is 11.6.